The van der Waals surface area contributed by atoms with E-state index in [1.807, 2.05) is 26.0 Å². The highest BCUT2D eigenvalue weighted by Gasteiger charge is 2.19. The number of fused-ring (bicyclic) bond motifs is 1. The summed E-state index contributed by atoms with van der Waals surface area (Å²) in [5.74, 6) is -0.778. The number of thiazole rings is 1. The second-order valence-corrected chi connectivity index (χ2v) is 11.6. The Balaban J connectivity index is 1.95. The van der Waals surface area contributed by atoms with E-state index in [0.29, 0.717) is 10.4 Å². The molecule has 0 N–H and O–H groups in total. The smallest absolute Gasteiger partial charge is 0.326 e. The van der Waals surface area contributed by atoms with E-state index in [1.54, 1.807) is 37.5 Å². The van der Waals surface area contributed by atoms with Gasteiger partial charge in [0, 0.05) is 0 Å². The van der Waals surface area contributed by atoms with Gasteiger partial charge in [-0.3, -0.25) is 9.59 Å². The van der Waals surface area contributed by atoms with E-state index >= 15 is 0 Å². The Hall–Kier alpha value is -2.78. The summed E-state index contributed by atoms with van der Waals surface area (Å²) in [6.07, 6.45) is 0.0215. The molecule has 0 saturated carbocycles. The van der Waals surface area contributed by atoms with Gasteiger partial charge < -0.3 is 9.30 Å². The first-order valence-electron chi connectivity index (χ1n) is 10.7. The van der Waals surface area contributed by atoms with Crippen LogP contribution in [0.5, 0.6) is 0 Å². The van der Waals surface area contributed by atoms with Crippen molar-refractivity contribution in [3.8, 4) is 0 Å². The quantitative estimate of drug-likeness (QED) is 0.472. The number of aryl methyl sites for hydroxylation is 2. The van der Waals surface area contributed by atoms with Crippen LogP contribution in [0.2, 0.25) is 0 Å². The SMILES string of the molecule is CCOC(=O)Cn1c(=NC(=O)Cc2ccc(S(=O)(=O)C(C)C)cc2)sc2c(C)cc(C)cc21. The molecule has 0 saturated heterocycles. The molecule has 0 aliphatic carbocycles. The van der Waals surface area contributed by atoms with Gasteiger partial charge in [-0.05, 0) is 69.5 Å². The molecule has 1 amide bonds. The number of benzene rings is 2. The molecule has 0 radical (unpaired) electrons. The van der Waals surface area contributed by atoms with Gasteiger partial charge in [-0.2, -0.15) is 4.99 Å². The molecule has 0 unspecified atom stereocenters. The fourth-order valence-corrected chi connectivity index (χ4v) is 5.63. The van der Waals surface area contributed by atoms with Crippen LogP contribution in [0.3, 0.4) is 0 Å². The molecule has 0 atom stereocenters. The van der Waals surface area contributed by atoms with Crippen molar-refractivity contribution in [3.05, 3.63) is 57.9 Å². The lowest BCUT2D eigenvalue weighted by Crippen LogP contribution is -2.23. The highest BCUT2D eigenvalue weighted by Crippen LogP contribution is 2.23. The highest BCUT2D eigenvalue weighted by atomic mass is 32.2. The molecule has 1 heterocycles. The lowest BCUT2D eigenvalue weighted by Gasteiger charge is -2.08. The molecule has 0 spiro atoms. The van der Waals surface area contributed by atoms with E-state index in [9.17, 15) is 18.0 Å². The fraction of sp³-hybridized carbons (Fsp3) is 0.375. The number of hydrogen-bond donors (Lipinski definition) is 0. The molecule has 2 aromatic carbocycles. The van der Waals surface area contributed by atoms with Crippen molar-refractivity contribution in [1.29, 1.82) is 0 Å². The predicted molar refractivity (Wildman–Crippen MR) is 129 cm³/mol. The largest absolute Gasteiger partial charge is 0.465 e. The van der Waals surface area contributed by atoms with Crippen LogP contribution >= 0.6 is 11.3 Å². The van der Waals surface area contributed by atoms with Crippen LogP contribution in [0.4, 0.5) is 0 Å². The van der Waals surface area contributed by atoms with Crippen molar-refractivity contribution in [2.75, 3.05) is 6.61 Å². The zero-order chi connectivity index (χ0) is 24.3. The molecule has 3 rings (SSSR count). The molecular weight excluding hydrogens is 460 g/mol. The summed E-state index contributed by atoms with van der Waals surface area (Å²) in [6, 6.07) is 10.3. The van der Waals surface area contributed by atoms with Gasteiger partial charge in [-0.1, -0.05) is 29.5 Å². The Morgan fingerprint density at radius 2 is 1.79 bits per heavy atom. The van der Waals surface area contributed by atoms with Crippen molar-refractivity contribution in [2.45, 2.75) is 57.7 Å². The van der Waals surface area contributed by atoms with Gasteiger partial charge >= 0.3 is 5.97 Å². The van der Waals surface area contributed by atoms with Crippen molar-refractivity contribution in [1.82, 2.24) is 4.57 Å². The molecule has 7 nitrogen and oxygen atoms in total. The Labute approximate surface area is 197 Å². The van der Waals surface area contributed by atoms with Crippen LogP contribution in [0.15, 0.2) is 46.3 Å². The van der Waals surface area contributed by atoms with E-state index < -0.39 is 21.1 Å². The summed E-state index contributed by atoms with van der Waals surface area (Å²) in [5, 5.41) is -0.519. The lowest BCUT2D eigenvalue weighted by molar-refractivity contribution is -0.143. The van der Waals surface area contributed by atoms with Gasteiger partial charge in [-0.15, -0.1) is 0 Å². The number of aromatic nitrogens is 1. The van der Waals surface area contributed by atoms with Crippen molar-refractivity contribution < 1.29 is 22.7 Å². The van der Waals surface area contributed by atoms with Gasteiger partial charge in [0.25, 0.3) is 5.91 Å². The standard InChI is InChI=1S/C24H28N2O5S2/c1-6-31-22(28)14-26-20-12-16(4)11-17(5)23(20)32-24(26)25-21(27)13-18-7-9-19(10-8-18)33(29,30)15(2)3/h7-12,15H,6,13-14H2,1-5H3. The number of amides is 1. The second-order valence-electron chi connectivity index (χ2n) is 8.13. The normalized spacial score (nSPS) is 12.5. The third-order valence-electron chi connectivity index (χ3n) is 5.16. The molecule has 0 aliphatic rings. The van der Waals surface area contributed by atoms with E-state index in [2.05, 4.69) is 4.99 Å². The van der Waals surface area contributed by atoms with Crippen LogP contribution in [-0.2, 0) is 37.1 Å². The van der Waals surface area contributed by atoms with Crippen molar-refractivity contribution in [3.63, 3.8) is 0 Å². The number of carbonyl (C=O) groups excluding carboxylic acids is 2. The Morgan fingerprint density at radius 1 is 1.12 bits per heavy atom. The zero-order valence-electron chi connectivity index (χ0n) is 19.4. The van der Waals surface area contributed by atoms with Crippen molar-refractivity contribution >= 4 is 43.3 Å². The Kier molecular flexibility index (Phi) is 7.54. The lowest BCUT2D eigenvalue weighted by atomic mass is 10.1. The maximum absolute atomic E-state index is 12.8. The van der Waals surface area contributed by atoms with E-state index in [1.165, 1.54) is 23.5 Å². The minimum atomic E-state index is -3.37. The highest BCUT2D eigenvalue weighted by molar-refractivity contribution is 7.92. The number of hydrogen-bond acceptors (Lipinski definition) is 6. The molecule has 0 aliphatic heterocycles. The summed E-state index contributed by atoms with van der Waals surface area (Å²) < 4.78 is 32.4. The molecule has 176 valence electrons. The number of ether oxygens (including phenoxy) is 1. The van der Waals surface area contributed by atoms with Crippen molar-refractivity contribution in [2.24, 2.45) is 4.99 Å². The minimum absolute atomic E-state index is 0.0215. The number of nitrogens with zero attached hydrogens (tertiary/aromatic N) is 2. The summed E-state index contributed by atoms with van der Waals surface area (Å²) in [6.45, 7) is 9.20. The number of rotatable bonds is 7. The first-order valence-corrected chi connectivity index (χ1v) is 13.1. The average Bonchev–Trinajstić information content (AvgIpc) is 3.05. The average molecular weight is 489 g/mol. The molecular formula is C24H28N2O5S2. The summed E-state index contributed by atoms with van der Waals surface area (Å²) in [7, 11) is -3.37. The van der Waals surface area contributed by atoms with Gasteiger partial charge in [0.2, 0.25) is 0 Å². The van der Waals surface area contributed by atoms with Crippen LogP contribution in [0.25, 0.3) is 10.2 Å². The van der Waals surface area contributed by atoms with E-state index in [-0.39, 0.29) is 30.4 Å². The molecule has 3 aromatic rings. The van der Waals surface area contributed by atoms with Gasteiger partial charge in [0.15, 0.2) is 14.6 Å². The Bertz CT molecular complexity index is 1360. The second kappa shape index (κ2) is 10.0. The first-order chi connectivity index (χ1) is 15.5. The fourth-order valence-electron chi connectivity index (χ4n) is 3.48. The van der Waals surface area contributed by atoms with Crippen LogP contribution in [0, 0.1) is 13.8 Å². The summed E-state index contributed by atoms with van der Waals surface area (Å²) in [4.78, 5) is 29.9. The first kappa shape index (κ1) is 24.9. The van der Waals surface area contributed by atoms with Crippen LogP contribution in [0.1, 0.15) is 37.5 Å². The third-order valence-corrected chi connectivity index (χ3v) is 8.56. The Morgan fingerprint density at radius 3 is 2.39 bits per heavy atom. The number of carbonyl (C=O) groups is 2. The van der Waals surface area contributed by atoms with Gasteiger partial charge in [0.05, 0.1) is 33.4 Å². The summed E-state index contributed by atoms with van der Waals surface area (Å²) >= 11 is 1.36. The predicted octanol–water partition coefficient (Wildman–Crippen LogP) is 3.73. The molecule has 33 heavy (non-hydrogen) atoms. The maximum atomic E-state index is 12.8. The number of sulfone groups is 1. The van der Waals surface area contributed by atoms with Crippen LogP contribution in [-0.4, -0.2) is 36.7 Å². The van der Waals surface area contributed by atoms with E-state index in [0.717, 1.165) is 21.3 Å². The third kappa shape index (κ3) is 5.59. The zero-order valence-corrected chi connectivity index (χ0v) is 21.0. The molecule has 1 aromatic heterocycles. The van der Waals surface area contributed by atoms with E-state index in [4.69, 9.17) is 4.74 Å². The van der Waals surface area contributed by atoms with Gasteiger partial charge in [-0.25, -0.2) is 8.42 Å². The topological polar surface area (TPSA) is 94.8 Å². The number of esters is 1. The molecule has 9 heteroatoms. The molecule has 0 bridgehead atoms. The molecule has 0 fully saturated rings. The minimum Gasteiger partial charge on any atom is -0.465 e. The van der Waals surface area contributed by atoms with Gasteiger partial charge in [0.1, 0.15) is 6.54 Å². The summed E-state index contributed by atoms with van der Waals surface area (Å²) in [5.41, 5.74) is 3.59. The van der Waals surface area contributed by atoms with Crippen LogP contribution < -0.4 is 4.80 Å². The monoisotopic (exact) mass is 488 g/mol. The maximum Gasteiger partial charge on any atom is 0.326 e.